The van der Waals surface area contributed by atoms with Gasteiger partial charge in [0, 0.05) is 12.3 Å². The number of carbonyl (C=O) groups excluding carboxylic acids is 1. The molecule has 3 aromatic rings. The van der Waals surface area contributed by atoms with E-state index in [-0.39, 0.29) is 5.82 Å². The van der Waals surface area contributed by atoms with Crippen LogP contribution < -0.4 is 10.1 Å². The highest BCUT2D eigenvalue weighted by atomic mass is 35.5. The predicted octanol–water partition coefficient (Wildman–Crippen LogP) is 5.59. The van der Waals surface area contributed by atoms with Crippen molar-refractivity contribution >= 4 is 34.2 Å². The fourth-order valence-electron chi connectivity index (χ4n) is 2.69. The molecule has 0 aliphatic heterocycles. The molecule has 0 atom stereocenters. The Balaban J connectivity index is 1.78. The van der Waals surface area contributed by atoms with E-state index < -0.39 is 6.09 Å². The average molecular weight is 408 g/mol. The van der Waals surface area contributed by atoms with Crippen LogP contribution in [0.25, 0.3) is 0 Å². The third kappa shape index (κ3) is 5.55. The van der Waals surface area contributed by atoms with Gasteiger partial charge in [0.25, 0.3) is 0 Å². The van der Waals surface area contributed by atoms with Gasteiger partial charge in [-0.05, 0) is 35.6 Å². The number of amides is 1. The smallest absolute Gasteiger partial charge is 0.393 e. The van der Waals surface area contributed by atoms with Gasteiger partial charge >= 0.3 is 6.09 Å². The number of thiazole rings is 1. The Labute approximate surface area is 165 Å². The zero-order valence-corrected chi connectivity index (χ0v) is 16.5. The van der Waals surface area contributed by atoms with Crippen LogP contribution in [0.4, 0.5) is 14.3 Å². The molecular formula is C19H19ClFN3O2S. The maximum Gasteiger partial charge on any atom is 0.420 e. The number of hydrogen-bond acceptors (Lipinski definition) is 4. The van der Waals surface area contributed by atoms with Crippen LogP contribution in [-0.2, 0) is 13.0 Å². The van der Waals surface area contributed by atoms with Crippen LogP contribution >= 0.6 is 22.9 Å². The molecule has 0 fully saturated rings. The maximum absolute atomic E-state index is 13.5. The molecule has 0 spiro atoms. The van der Waals surface area contributed by atoms with Crippen molar-refractivity contribution in [1.82, 2.24) is 9.55 Å². The lowest BCUT2D eigenvalue weighted by atomic mass is 10.1. The van der Waals surface area contributed by atoms with Crippen LogP contribution in [0.15, 0.2) is 42.7 Å². The van der Waals surface area contributed by atoms with Crippen molar-refractivity contribution < 1.29 is 13.9 Å². The highest BCUT2D eigenvalue weighted by Gasteiger charge is 2.14. The summed E-state index contributed by atoms with van der Waals surface area (Å²) in [5.41, 5.74) is 1.82. The van der Waals surface area contributed by atoms with Crippen molar-refractivity contribution in [2.24, 2.45) is 5.92 Å². The lowest BCUT2D eigenvalue weighted by Crippen LogP contribution is -2.18. The highest BCUT2D eigenvalue weighted by Crippen LogP contribution is 2.24. The second kappa shape index (κ2) is 8.54. The number of nitrogens with zero attached hydrogens (tertiary/aromatic N) is 2. The molecule has 0 radical (unpaired) electrons. The third-order valence-electron chi connectivity index (χ3n) is 3.68. The Kier molecular flexibility index (Phi) is 6.13. The lowest BCUT2D eigenvalue weighted by molar-refractivity contribution is 0.211. The van der Waals surface area contributed by atoms with E-state index in [2.05, 4.69) is 24.1 Å². The Bertz CT molecular complexity index is 939. The number of hydrogen-bond donors (Lipinski definition) is 1. The van der Waals surface area contributed by atoms with Crippen molar-refractivity contribution in [2.75, 3.05) is 5.32 Å². The molecule has 8 heteroatoms. The summed E-state index contributed by atoms with van der Waals surface area (Å²) in [4.78, 5) is 16.2. The summed E-state index contributed by atoms with van der Waals surface area (Å²) in [6, 6.07) is 8.17. The van der Waals surface area contributed by atoms with Crippen LogP contribution in [0.2, 0.25) is 4.34 Å². The Morgan fingerprint density at radius 2 is 2.19 bits per heavy atom. The molecule has 3 rings (SSSR count). The van der Waals surface area contributed by atoms with Crippen LogP contribution in [0, 0.1) is 11.7 Å². The van der Waals surface area contributed by atoms with Crippen molar-refractivity contribution in [3.05, 3.63) is 64.0 Å². The van der Waals surface area contributed by atoms with Crippen molar-refractivity contribution in [3.8, 4) is 5.88 Å². The summed E-state index contributed by atoms with van der Waals surface area (Å²) in [5.74, 6) is 0.534. The van der Waals surface area contributed by atoms with Gasteiger partial charge in [-0.3, -0.25) is 5.32 Å². The number of benzene rings is 1. The molecule has 0 saturated heterocycles. The summed E-state index contributed by atoms with van der Waals surface area (Å²) in [7, 11) is 0. The van der Waals surface area contributed by atoms with Crippen molar-refractivity contribution in [2.45, 2.75) is 26.8 Å². The van der Waals surface area contributed by atoms with Gasteiger partial charge in [0.15, 0.2) is 5.13 Å². The standard InChI is InChI=1S/C19H19ClFN3O2S/c1-12(2)6-14-8-17(26-19(25)23-18-22-9-16(20)27-18)24(11-14)10-13-4-3-5-15(21)7-13/h3-5,7-9,11-12H,6,10H2,1-2H3,(H,22,23,25). The number of rotatable bonds is 6. The SMILES string of the molecule is CC(C)Cc1cc(OC(=O)Nc2ncc(Cl)s2)n(Cc2cccc(F)c2)c1. The summed E-state index contributed by atoms with van der Waals surface area (Å²) >= 11 is 6.96. The van der Waals surface area contributed by atoms with Crippen LogP contribution in [-0.4, -0.2) is 15.6 Å². The number of carbonyl (C=O) groups is 1. The van der Waals surface area contributed by atoms with Gasteiger partial charge in [-0.2, -0.15) is 0 Å². The van der Waals surface area contributed by atoms with Crippen LogP contribution in [0.3, 0.4) is 0 Å². The molecular weight excluding hydrogens is 389 g/mol. The zero-order valence-electron chi connectivity index (χ0n) is 14.9. The van der Waals surface area contributed by atoms with Crippen LogP contribution in [0.5, 0.6) is 5.88 Å². The Morgan fingerprint density at radius 1 is 1.37 bits per heavy atom. The molecule has 5 nitrogen and oxygen atoms in total. The summed E-state index contributed by atoms with van der Waals surface area (Å²) < 4.78 is 21.2. The first-order valence-electron chi connectivity index (χ1n) is 8.42. The first-order valence-corrected chi connectivity index (χ1v) is 9.62. The first kappa shape index (κ1) is 19.4. The minimum atomic E-state index is -0.657. The third-order valence-corrected chi connectivity index (χ3v) is 4.71. The number of anilines is 1. The molecule has 0 bridgehead atoms. The van der Waals surface area contributed by atoms with Gasteiger partial charge in [0.1, 0.15) is 10.2 Å². The van der Waals surface area contributed by atoms with Crippen molar-refractivity contribution in [3.63, 3.8) is 0 Å². The van der Waals surface area contributed by atoms with E-state index in [0.717, 1.165) is 28.9 Å². The average Bonchev–Trinajstić information content (AvgIpc) is 3.13. The predicted molar refractivity (Wildman–Crippen MR) is 105 cm³/mol. The second-order valence-electron chi connectivity index (χ2n) is 6.53. The van der Waals surface area contributed by atoms with Crippen molar-refractivity contribution in [1.29, 1.82) is 0 Å². The summed E-state index contributed by atoms with van der Waals surface area (Å²) in [6.45, 7) is 4.62. The van der Waals surface area contributed by atoms with E-state index in [0.29, 0.717) is 27.8 Å². The first-order chi connectivity index (χ1) is 12.9. The Morgan fingerprint density at radius 3 is 2.85 bits per heavy atom. The molecule has 0 saturated carbocycles. The fraction of sp³-hybridized carbons (Fsp3) is 0.263. The normalized spacial score (nSPS) is 11.0. The number of nitrogens with one attached hydrogen (secondary N) is 1. The molecule has 2 aromatic heterocycles. The molecule has 0 aliphatic carbocycles. The minimum Gasteiger partial charge on any atom is -0.393 e. The topological polar surface area (TPSA) is 56.1 Å². The van der Waals surface area contributed by atoms with Gasteiger partial charge in [0.05, 0.1) is 12.7 Å². The van der Waals surface area contributed by atoms with Gasteiger partial charge in [-0.15, -0.1) is 0 Å². The lowest BCUT2D eigenvalue weighted by Gasteiger charge is -2.09. The summed E-state index contributed by atoms with van der Waals surface area (Å²) in [5, 5.41) is 2.91. The van der Waals surface area contributed by atoms with E-state index in [9.17, 15) is 9.18 Å². The van der Waals surface area contributed by atoms with Gasteiger partial charge in [0.2, 0.25) is 5.88 Å². The molecule has 0 aliphatic rings. The molecule has 27 heavy (non-hydrogen) atoms. The zero-order chi connectivity index (χ0) is 19.4. The van der Waals surface area contributed by atoms with E-state index in [1.54, 1.807) is 10.6 Å². The number of halogens is 2. The molecule has 0 unspecified atom stereocenters. The Hall–Kier alpha value is -2.38. The monoisotopic (exact) mass is 407 g/mol. The number of aromatic nitrogens is 2. The van der Waals surface area contributed by atoms with Crippen LogP contribution in [0.1, 0.15) is 25.0 Å². The molecule has 1 amide bonds. The van der Waals surface area contributed by atoms with E-state index >= 15 is 0 Å². The quantitative estimate of drug-likeness (QED) is 0.579. The van der Waals surface area contributed by atoms with Gasteiger partial charge in [-0.1, -0.05) is 48.9 Å². The minimum absolute atomic E-state index is 0.303. The van der Waals surface area contributed by atoms with Gasteiger partial charge in [-0.25, -0.2) is 14.2 Å². The molecule has 1 N–H and O–H groups in total. The highest BCUT2D eigenvalue weighted by molar-refractivity contribution is 7.19. The number of ether oxygens (including phenoxy) is 1. The van der Waals surface area contributed by atoms with E-state index in [1.807, 2.05) is 18.3 Å². The molecule has 142 valence electrons. The van der Waals surface area contributed by atoms with E-state index in [1.165, 1.54) is 18.3 Å². The van der Waals surface area contributed by atoms with E-state index in [4.69, 9.17) is 16.3 Å². The molecule has 1 aromatic carbocycles. The largest absolute Gasteiger partial charge is 0.420 e. The molecule has 2 heterocycles. The van der Waals surface area contributed by atoms with Gasteiger partial charge < -0.3 is 9.30 Å². The second-order valence-corrected chi connectivity index (χ2v) is 8.19. The maximum atomic E-state index is 13.5. The summed E-state index contributed by atoms with van der Waals surface area (Å²) in [6.07, 6.45) is 3.56. The fourth-order valence-corrected chi connectivity index (χ4v) is 3.49.